The van der Waals surface area contributed by atoms with Gasteiger partial charge >= 0.3 is 0 Å². The Balaban J connectivity index is 1.93. The number of halogens is 1. The van der Waals surface area contributed by atoms with Crippen molar-refractivity contribution in [3.63, 3.8) is 0 Å². The van der Waals surface area contributed by atoms with Gasteiger partial charge in [-0.2, -0.15) is 0 Å². The van der Waals surface area contributed by atoms with E-state index < -0.39 is 0 Å². The number of nitrogens with one attached hydrogen (secondary N) is 1. The van der Waals surface area contributed by atoms with Gasteiger partial charge in [0.2, 0.25) is 0 Å². The standard InChI is InChI=1S/C16H12ClN3O/c17-12-5-3-6-13(18)15(12)16(21)20-11-8-10-4-1-2-7-14(10)19-9-11/h1-9H,18H2,(H,20,21). The molecule has 3 aromatic rings. The largest absolute Gasteiger partial charge is 0.398 e. The van der Waals surface area contributed by atoms with Gasteiger partial charge < -0.3 is 11.1 Å². The molecule has 0 saturated carbocycles. The quantitative estimate of drug-likeness (QED) is 0.708. The van der Waals surface area contributed by atoms with Gasteiger partial charge in [-0.1, -0.05) is 35.9 Å². The lowest BCUT2D eigenvalue weighted by Crippen LogP contribution is -2.14. The Bertz CT molecular complexity index is 812. The SMILES string of the molecule is Nc1cccc(Cl)c1C(=O)Nc1cnc2ccccc2c1. The van der Waals surface area contributed by atoms with E-state index in [1.807, 2.05) is 30.3 Å². The van der Waals surface area contributed by atoms with Crippen molar-refractivity contribution in [2.75, 3.05) is 11.1 Å². The monoisotopic (exact) mass is 297 g/mol. The van der Waals surface area contributed by atoms with Crippen LogP contribution in [0.4, 0.5) is 11.4 Å². The van der Waals surface area contributed by atoms with E-state index in [0.717, 1.165) is 10.9 Å². The molecule has 0 fully saturated rings. The van der Waals surface area contributed by atoms with Gasteiger partial charge in [0.15, 0.2) is 0 Å². The molecule has 0 bridgehead atoms. The van der Waals surface area contributed by atoms with Crippen LogP contribution in [0, 0.1) is 0 Å². The van der Waals surface area contributed by atoms with Gasteiger partial charge in [0.25, 0.3) is 5.91 Å². The van der Waals surface area contributed by atoms with E-state index in [1.165, 1.54) is 0 Å². The first-order valence-corrected chi connectivity index (χ1v) is 6.73. The Morgan fingerprint density at radius 1 is 1.14 bits per heavy atom. The van der Waals surface area contributed by atoms with E-state index in [1.54, 1.807) is 24.4 Å². The fourth-order valence-electron chi connectivity index (χ4n) is 2.11. The molecule has 1 amide bonds. The van der Waals surface area contributed by atoms with Crippen LogP contribution >= 0.6 is 11.6 Å². The predicted octanol–water partition coefficient (Wildman–Crippen LogP) is 3.72. The van der Waals surface area contributed by atoms with Gasteiger partial charge in [-0.05, 0) is 24.3 Å². The Hall–Kier alpha value is -2.59. The van der Waals surface area contributed by atoms with E-state index in [-0.39, 0.29) is 11.5 Å². The van der Waals surface area contributed by atoms with E-state index in [9.17, 15) is 4.79 Å². The molecule has 21 heavy (non-hydrogen) atoms. The molecule has 3 rings (SSSR count). The number of carbonyl (C=O) groups is 1. The minimum absolute atomic E-state index is 0.271. The lowest BCUT2D eigenvalue weighted by atomic mass is 10.1. The molecule has 2 aromatic carbocycles. The third kappa shape index (κ3) is 2.66. The minimum Gasteiger partial charge on any atom is -0.398 e. The van der Waals surface area contributed by atoms with Crippen molar-refractivity contribution >= 4 is 39.8 Å². The van der Waals surface area contributed by atoms with Crippen LogP contribution in [0.1, 0.15) is 10.4 Å². The number of amides is 1. The van der Waals surface area contributed by atoms with Gasteiger partial charge in [0, 0.05) is 11.1 Å². The van der Waals surface area contributed by atoms with E-state index in [0.29, 0.717) is 16.4 Å². The summed E-state index contributed by atoms with van der Waals surface area (Å²) in [6, 6.07) is 14.5. The number of anilines is 2. The zero-order valence-electron chi connectivity index (χ0n) is 11.0. The maximum absolute atomic E-state index is 12.3. The highest BCUT2D eigenvalue weighted by Crippen LogP contribution is 2.24. The number of nitrogen functional groups attached to an aromatic ring is 1. The molecule has 4 nitrogen and oxygen atoms in total. The first-order chi connectivity index (χ1) is 10.1. The highest BCUT2D eigenvalue weighted by molar-refractivity contribution is 6.35. The van der Waals surface area contributed by atoms with Crippen LogP contribution in [-0.4, -0.2) is 10.9 Å². The Morgan fingerprint density at radius 3 is 2.76 bits per heavy atom. The van der Waals surface area contributed by atoms with E-state index in [2.05, 4.69) is 10.3 Å². The molecule has 0 radical (unpaired) electrons. The van der Waals surface area contributed by atoms with Gasteiger partial charge in [0.1, 0.15) is 0 Å². The first-order valence-electron chi connectivity index (χ1n) is 6.35. The summed E-state index contributed by atoms with van der Waals surface area (Å²) in [5, 5.41) is 4.03. The summed E-state index contributed by atoms with van der Waals surface area (Å²) in [6.07, 6.45) is 1.60. The zero-order chi connectivity index (χ0) is 14.8. The number of fused-ring (bicyclic) bond motifs is 1. The lowest BCUT2D eigenvalue weighted by Gasteiger charge is -2.09. The maximum atomic E-state index is 12.3. The molecule has 0 aliphatic heterocycles. The van der Waals surface area contributed by atoms with Gasteiger partial charge in [-0.15, -0.1) is 0 Å². The third-order valence-electron chi connectivity index (χ3n) is 3.12. The number of aromatic nitrogens is 1. The van der Waals surface area contributed by atoms with Crippen molar-refractivity contribution in [3.05, 3.63) is 65.3 Å². The summed E-state index contributed by atoms with van der Waals surface area (Å²) >= 11 is 6.03. The molecule has 1 heterocycles. The molecule has 0 aliphatic rings. The smallest absolute Gasteiger partial charge is 0.259 e. The average molecular weight is 298 g/mol. The van der Waals surface area contributed by atoms with Crippen LogP contribution in [0.5, 0.6) is 0 Å². The summed E-state index contributed by atoms with van der Waals surface area (Å²) in [5.74, 6) is -0.352. The summed E-state index contributed by atoms with van der Waals surface area (Å²) in [7, 11) is 0. The Morgan fingerprint density at radius 2 is 1.95 bits per heavy atom. The number of pyridine rings is 1. The molecule has 104 valence electrons. The number of nitrogens with zero attached hydrogens (tertiary/aromatic N) is 1. The molecule has 1 aromatic heterocycles. The molecule has 5 heteroatoms. The van der Waals surface area contributed by atoms with Crippen LogP contribution in [0.2, 0.25) is 5.02 Å². The molecular formula is C16H12ClN3O. The average Bonchev–Trinajstić information content (AvgIpc) is 2.47. The van der Waals surface area contributed by atoms with Crippen LogP contribution in [-0.2, 0) is 0 Å². The molecule has 3 N–H and O–H groups in total. The fourth-order valence-corrected chi connectivity index (χ4v) is 2.38. The van der Waals surface area contributed by atoms with Gasteiger partial charge in [-0.25, -0.2) is 0 Å². The number of benzene rings is 2. The number of para-hydroxylation sites is 1. The van der Waals surface area contributed by atoms with Crippen molar-refractivity contribution in [1.29, 1.82) is 0 Å². The number of rotatable bonds is 2. The van der Waals surface area contributed by atoms with Crippen molar-refractivity contribution in [2.24, 2.45) is 0 Å². The van der Waals surface area contributed by atoms with Crippen LogP contribution in [0.25, 0.3) is 10.9 Å². The highest BCUT2D eigenvalue weighted by atomic mass is 35.5. The Kier molecular flexibility index (Phi) is 3.46. The molecular weight excluding hydrogens is 286 g/mol. The van der Waals surface area contributed by atoms with Crippen molar-refractivity contribution in [1.82, 2.24) is 4.98 Å². The van der Waals surface area contributed by atoms with Crippen molar-refractivity contribution in [2.45, 2.75) is 0 Å². The zero-order valence-corrected chi connectivity index (χ0v) is 11.8. The lowest BCUT2D eigenvalue weighted by molar-refractivity contribution is 0.102. The second-order valence-corrected chi connectivity index (χ2v) is 4.98. The maximum Gasteiger partial charge on any atom is 0.259 e. The summed E-state index contributed by atoms with van der Waals surface area (Å²) in [6.45, 7) is 0. The predicted molar refractivity (Wildman–Crippen MR) is 85.6 cm³/mol. The second-order valence-electron chi connectivity index (χ2n) is 4.57. The fraction of sp³-hybridized carbons (Fsp3) is 0. The first kappa shape index (κ1) is 13.4. The second kappa shape index (κ2) is 5.42. The normalized spacial score (nSPS) is 10.5. The van der Waals surface area contributed by atoms with Gasteiger partial charge in [0.05, 0.1) is 28.0 Å². The van der Waals surface area contributed by atoms with Crippen LogP contribution < -0.4 is 11.1 Å². The number of carbonyl (C=O) groups excluding carboxylic acids is 1. The van der Waals surface area contributed by atoms with E-state index >= 15 is 0 Å². The Labute approximate surface area is 126 Å². The van der Waals surface area contributed by atoms with E-state index in [4.69, 9.17) is 17.3 Å². The number of nitrogens with two attached hydrogens (primary N) is 1. The molecule has 0 unspecified atom stereocenters. The summed E-state index contributed by atoms with van der Waals surface area (Å²) in [5.41, 5.74) is 7.88. The minimum atomic E-state index is -0.352. The van der Waals surface area contributed by atoms with Crippen molar-refractivity contribution < 1.29 is 4.79 Å². The number of hydrogen-bond donors (Lipinski definition) is 2. The van der Waals surface area contributed by atoms with Gasteiger partial charge in [-0.3, -0.25) is 9.78 Å². The molecule has 0 atom stereocenters. The molecule has 0 spiro atoms. The molecule has 0 aliphatic carbocycles. The van der Waals surface area contributed by atoms with Crippen LogP contribution in [0.15, 0.2) is 54.7 Å². The van der Waals surface area contributed by atoms with Crippen molar-refractivity contribution in [3.8, 4) is 0 Å². The summed E-state index contributed by atoms with van der Waals surface area (Å²) in [4.78, 5) is 16.6. The topological polar surface area (TPSA) is 68.0 Å². The highest BCUT2D eigenvalue weighted by Gasteiger charge is 2.14. The summed E-state index contributed by atoms with van der Waals surface area (Å²) < 4.78 is 0. The number of hydrogen-bond acceptors (Lipinski definition) is 3. The molecule has 0 saturated heterocycles. The third-order valence-corrected chi connectivity index (χ3v) is 3.44. The van der Waals surface area contributed by atoms with Crippen LogP contribution in [0.3, 0.4) is 0 Å².